The quantitative estimate of drug-likeness (QED) is 0.779. The van der Waals surface area contributed by atoms with Crippen molar-refractivity contribution in [2.45, 2.75) is 25.1 Å². The molecule has 140 valence electrons. The van der Waals surface area contributed by atoms with Crippen molar-refractivity contribution in [3.8, 4) is 0 Å². The number of hydrogen-bond acceptors (Lipinski definition) is 5. The summed E-state index contributed by atoms with van der Waals surface area (Å²) in [6.45, 7) is 1.74. The Labute approximate surface area is 158 Å². The van der Waals surface area contributed by atoms with Gasteiger partial charge in [-0.05, 0) is 36.2 Å². The van der Waals surface area contributed by atoms with Gasteiger partial charge in [0.25, 0.3) is 0 Å². The SMILES string of the molecule is COC(=O)c1ccc(N2CC3CC2CN3C(=O)OCc2ccccc2)cc1. The number of likely N-dealkylation sites (tertiary alicyclic amines) is 1. The summed E-state index contributed by atoms with van der Waals surface area (Å²) in [6.07, 6.45) is 0.700. The molecule has 2 aliphatic rings. The van der Waals surface area contributed by atoms with Crippen LogP contribution in [0.15, 0.2) is 54.6 Å². The van der Waals surface area contributed by atoms with Gasteiger partial charge < -0.3 is 19.3 Å². The number of fused-ring (bicyclic) bond motifs is 2. The maximum atomic E-state index is 12.4. The fraction of sp³-hybridized carbons (Fsp3) is 0.333. The van der Waals surface area contributed by atoms with E-state index in [-0.39, 0.29) is 24.1 Å². The lowest BCUT2D eigenvalue weighted by atomic mass is 10.1. The molecule has 2 heterocycles. The number of amides is 1. The van der Waals surface area contributed by atoms with Crippen LogP contribution in [0.4, 0.5) is 10.5 Å². The van der Waals surface area contributed by atoms with Crippen molar-refractivity contribution in [2.24, 2.45) is 0 Å². The minimum atomic E-state index is -0.336. The highest BCUT2D eigenvalue weighted by atomic mass is 16.6. The first kappa shape index (κ1) is 17.4. The van der Waals surface area contributed by atoms with E-state index in [4.69, 9.17) is 9.47 Å². The van der Waals surface area contributed by atoms with Gasteiger partial charge in [0.2, 0.25) is 0 Å². The molecule has 0 saturated carbocycles. The van der Waals surface area contributed by atoms with Crippen LogP contribution in [-0.2, 0) is 16.1 Å². The van der Waals surface area contributed by atoms with Crippen LogP contribution in [0.3, 0.4) is 0 Å². The molecule has 2 aromatic carbocycles. The number of ether oxygens (including phenoxy) is 2. The van der Waals surface area contributed by atoms with Gasteiger partial charge in [-0.25, -0.2) is 9.59 Å². The Morgan fingerprint density at radius 3 is 2.37 bits per heavy atom. The fourth-order valence-corrected chi connectivity index (χ4v) is 3.92. The highest BCUT2D eigenvalue weighted by Crippen LogP contribution is 2.35. The molecule has 27 heavy (non-hydrogen) atoms. The molecule has 2 bridgehead atoms. The monoisotopic (exact) mass is 366 g/mol. The highest BCUT2D eigenvalue weighted by molar-refractivity contribution is 5.89. The lowest BCUT2D eigenvalue weighted by Crippen LogP contribution is -2.49. The average Bonchev–Trinajstić information content (AvgIpc) is 3.33. The summed E-state index contributed by atoms with van der Waals surface area (Å²) in [7, 11) is 1.38. The molecule has 1 amide bonds. The van der Waals surface area contributed by atoms with Gasteiger partial charge in [-0.3, -0.25) is 0 Å². The van der Waals surface area contributed by atoms with E-state index in [0.717, 1.165) is 24.2 Å². The van der Waals surface area contributed by atoms with Crippen LogP contribution in [0, 0.1) is 0 Å². The second-order valence-corrected chi connectivity index (χ2v) is 6.93. The van der Waals surface area contributed by atoms with Crippen LogP contribution < -0.4 is 4.90 Å². The zero-order valence-corrected chi connectivity index (χ0v) is 15.2. The first-order valence-corrected chi connectivity index (χ1v) is 9.08. The fourth-order valence-electron chi connectivity index (χ4n) is 3.92. The molecule has 2 saturated heterocycles. The van der Waals surface area contributed by atoms with Gasteiger partial charge in [0.05, 0.1) is 18.7 Å². The van der Waals surface area contributed by atoms with Crippen molar-refractivity contribution >= 4 is 17.7 Å². The molecule has 2 fully saturated rings. The van der Waals surface area contributed by atoms with Gasteiger partial charge in [-0.1, -0.05) is 30.3 Å². The van der Waals surface area contributed by atoms with Gasteiger partial charge in [-0.2, -0.15) is 0 Å². The average molecular weight is 366 g/mol. The molecule has 2 unspecified atom stereocenters. The summed E-state index contributed by atoms with van der Waals surface area (Å²) in [5.41, 5.74) is 2.59. The first-order valence-electron chi connectivity index (χ1n) is 9.08. The van der Waals surface area contributed by atoms with E-state index in [1.165, 1.54) is 7.11 Å². The van der Waals surface area contributed by atoms with E-state index >= 15 is 0 Å². The van der Waals surface area contributed by atoms with E-state index in [1.807, 2.05) is 47.4 Å². The normalized spacial score (nSPS) is 20.6. The first-order chi connectivity index (χ1) is 13.2. The molecule has 6 heteroatoms. The largest absolute Gasteiger partial charge is 0.465 e. The lowest BCUT2D eigenvalue weighted by molar-refractivity contribution is 0.0600. The van der Waals surface area contributed by atoms with E-state index in [2.05, 4.69) is 4.90 Å². The third-order valence-corrected chi connectivity index (χ3v) is 5.30. The zero-order chi connectivity index (χ0) is 18.8. The lowest BCUT2D eigenvalue weighted by Gasteiger charge is -2.35. The van der Waals surface area contributed by atoms with Crippen molar-refractivity contribution < 1.29 is 19.1 Å². The molecule has 0 spiro atoms. The van der Waals surface area contributed by atoms with Crippen molar-refractivity contribution in [3.05, 3.63) is 65.7 Å². The van der Waals surface area contributed by atoms with Crippen LogP contribution in [-0.4, -0.2) is 49.2 Å². The summed E-state index contributed by atoms with van der Waals surface area (Å²) in [4.78, 5) is 28.1. The smallest absolute Gasteiger partial charge is 0.410 e. The standard InChI is InChI=1S/C21H22N2O4/c1-26-20(24)16-7-9-17(10-8-16)22-12-19-11-18(22)13-23(19)21(25)27-14-15-5-3-2-4-6-15/h2-10,18-19H,11-14H2,1H3. The second-order valence-electron chi connectivity index (χ2n) is 6.93. The van der Waals surface area contributed by atoms with E-state index < -0.39 is 0 Å². The number of hydrogen-bond donors (Lipinski definition) is 0. The van der Waals surface area contributed by atoms with Gasteiger partial charge in [0.15, 0.2) is 0 Å². The minimum Gasteiger partial charge on any atom is -0.465 e. The van der Waals surface area contributed by atoms with Crippen LogP contribution >= 0.6 is 0 Å². The van der Waals surface area contributed by atoms with E-state index in [1.54, 1.807) is 12.1 Å². The molecule has 2 atom stereocenters. The van der Waals surface area contributed by atoms with Crippen LogP contribution in [0.2, 0.25) is 0 Å². The summed E-state index contributed by atoms with van der Waals surface area (Å²) < 4.78 is 10.2. The summed E-state index contributed by atoms with van der Waals surface area (Å²) in [5, 5.41) is 0. The number of carbonyl (C=O) groups excluding carboxylic acids is 2. The highest BCUT2D eigenvalue weighted by Gasteiger charge is 2.46. The van der Waals surface area contributed by atoms with E-state index in [0.29, 0.717) is 18.7 Å². The third kappa shape index (κ3) is 3.47. The van der Waals surface area contributed by atoms with Crippen molar-refractivity contribution in [1.82, 2.24) is 4.90 Å². The molecule has 0 N–H and O–H groups in total. The number of rotatable bonds is 4. The number of esters is 1. The predicted octanol–water partition coefficient (Wildman–Crippen LogP) is 3.07. The minimum absolute atomic E-state index is 0.165. The van der Waals surface area contributed by atoms with Gasteiger partial charge in [0, 0.05) is 24.8 Å². The molecule has 0 aromatic heterocycles. The molecular weight excluding hydrogens is 344 g/mol. The van der Waals surface area contributed by atoms with E-state index in [9.17, 15) is 9.59 Å². The Morgan fingerprint density at radius 2 is 1.74 bits per heavy atom. The number of carbonyl (C=O) groups is 2. The molecule has 2 aliphatic heterocycles. The Balaban J connectivity index is 1.35. The van der Waals surface area contributed by atoms with Crippen LogP contribution in [0.1, 0.15) is 22.3 Å². The number of benzene rings is 2. The van der Waals surface area contributed by atoms with Gasteiger partial charge in [-0.15, -0.1) is 0 Å². The Hall–Kier alpha value is -3.02. The third-order valence-electron chi connectivity index (χ3n) is 5.30. The molecule has 4 rings (SSSR count). The number of anilines is 1. The van der Waals surface area contributed by atoms with Crippen molar-refractivity contribution in [1.29, 1.82) is 0 Å². The Bertz CT molecular complexity index is 822. The topological polar surface area (TPSA) is 59.1 Å². The summed E-state index contributed by atoms with van der Waals surface area (Å²) in [5.74, 6) is -0.336. The predicted molar refractivity (Wildman–Crippen MR) is 101 cm³/mol. The van der Waals surface area contributed by atoms with Gasteiger partial charge in [0.1, 0.15) is 6.61 Å². The van der Waals surface area contributed by atoms with Crippen molar-refractivity contribution in [3.63, 3.8) is 0 Å². The second kappa shape index (κ2) is 7.31. The molecule has 0 radical (unpaired) electrons. The maximum Gasteiger partial charge on any atom is 0.410 e. The summed E-state index contributed by atoms with van der Waals surface area (Å²) >= 11 is 0. The molecule has 6 nitrogen and oxygen atoms in total. The molecule has 2 aromatic rings. The zero-order valence-electron chi connectivity index (χ0n) is 15.2. The molecular formula is C21H22N2O4. The number of nitrogens with zero attached hydrogens (tertiary/aromatic N) is 2. The number of piperazine rings is 1. The molecule has 0 aliphatic carbocycles. The Morgan fingerprint density at radius 1 is 1.00 bits per heavy atom. The van der Waals surface area contributed by atoms with Crippen LogP contribution in [0.5, 0.6) is 0 Å². The van der Waals surface area contributed by atoms with Crippen LogP contribution in [0.25, 0.3) is 0 Å². The Kier molecular flexibility index (Phi) is 4.71. The summed E-state index contributed by atoms with van der Waals surface area (Å²) in [6, 6.07) is 17.6. The van der Waals surface area contributed by atoms with Gasteiger partial charge >= 0.3 is 12.1 Å². The number of methoxy groups -OCH3 is 1. The van der Waals surface area contributed by atoms with Crippen molar-refractivity contribution in [2.75, 3.05) is 25.1 Å². The maximum absolute atomic E-state index is 12.4.